The van der Waals surface area contributed by atoms with Gasteiger partial charge in [-0.15, -0.1) is 0 Å². The molecule has 0 spiro atoms. The summed E-state index contributed by atoms with van der Waals surface area (Å²) in [6.45, 7) is 3.31. The third-order valence-electron chi connectivity index (χ3n) is 3.32. The Labute approximate surface area is 97.3 Å². The Morgan fingerprint density at radius 3 is 2.56 bits per heavy atom. The van der Waals surface area contributed by atoms with Crippen molar-refractivity contribution in [1.82, 2.24) is 9.80 Å². The van der Waals surface area contributed by atoms with Gasteiger partial charge in [0, 0.05) is 25.7 Å². The molecule has 0 aliphatic carbocycles. The average Bonchev–Trinajstić information content (AvgIpc) is 2.70. The Hall–Kier alpha value is -1.06. The first-order valence-electron chi connectivity index (χ1n) is 5.82. The van der Waals surface area contributed by atoms with Gasteiger partial charge in [-0.3, -0.25) is 4.90 Å². The number of hydrogen-bond acceptors (Lipinski definition) is 3. The van der Waals surface area contributed by atoms with Gasteiger partial charge in [-0.05, 0) is 38.2 Å². The van der Waals surface area contributed by atoms with Crippen LogP contribution in [0, 0.1) is 0 Å². The number of nitrogens with zero attached hydrogens (tertiary/aromatic N) is 2. The van der Waals surface area contributed by atoms with Crippen molar-refractivity contribution in [3.8, 4) is 5.75 Å². The van der Waals surface area contributed by atoms with Crippen molar-refractivity contribution < 1.29 is 5.11 Å². The number of hydrogen-bond donors (Lipinski definition) is 1. The highest BCUT2D eigenvalue weighted by Gasteiger charge is 2.23. The monoisotopic (exact) mass is 220 g/mol. The summed E-state index contributed by atoms with van der Waals surface area (Å²) in [6, 6.07) is 8.21. The smallest absolute Gasteiger partial charge is 0.115 e. The molecule has 0 saturated carbocycles. The van der Waals surface area contributed by atoms with E-state index in [9.17, 15) is 5.11 Å². The molecule has 3 heteroatoms. The first-order valence-corrected chi connectivity index (χ1v) is 5.82. The second kappa shape index (κ2) is 4.85. The number of phenols is 1. The van der Waals surface area contributed by atoms with Crippen LogP contribution in [0.15, 0.2) is 24.3 Å². The molecule has 3 nitrogen and oxygen atoms in total. The summed E-state index contributed by atoms with van der Waals surface area (Å²) in [7, 11) is 4.30. The van der Waals surface area contributed by atoms with Gasteiger partial charge in [0.2, 0.25) is 0 Å². The quantitative estimate of drug-likeness (QED) is 0.837. The topological polar surface area (TPSA) is 26.7 Å². The molecule has 16 heavy (non-hydrogen) atoms. The Morgan fingerprint density at radius 1 is 1.31 bits per heavy atom. The molecular formula is C13H20N2O. The molecule has 88 valence electrons. The molecule has 0 bridgehead atoms. The van der Waals surface area contributed by atoms with E-state index < -0.39 is 0 Å². The van der Waals surface area contributed by atoms with Gasteiger partial charge < -0.3 is 10.0 Å². The summed E-state index contributed by atoms with van der Waals surface area (Å²) < 4.78 is 0. The van der Waals surface area contributed by atoms with Crippen LogP contribution >= 0.6 is 0 Å². The lowest BCUT2D eigenvalue weighted by Gasteiger charge is -2.20. The predicted octanol–water partition coefficient (Wildman–Crippen LogP) is 1.53. The first-order chi connectivity index (χ1) is 7.65. The highest BCUT2D eigenvalue weighted by Crippen LogP contribution is 2.17. The fourth-order valence-electron chi connectivity index (χ4n) is 2.24. The van der Waals surface area contributed by atoms with Crippen molar-refractivity contribution in [2.45, 2.75) is 19.0 Å². The van der Waals surface area contributed by atoms with Crippen LogP contribution in [0.4, 0.5) is 0 Å². The molecule has 1 saturated heterocycles. The minimum absolute atomic E-state index is 0.344. The van der Waals surface area contributed by atoms with Crippen molar-refractivity contribution in [3.63, 3.8) is 0 Å². The van der Waals surface area contributed by atoms with Crippen LogP contribution in [-0.4, -0.2) is 48.1 Å². The molecule has 1 heterocycles. The van der Waals surface area contributed by atoms with Crippen molar-refractivity contribution >= 4 is 0 Å². The number of rotatable bonds is 3. The Morgan fingerprint density at radius 2 is 2.00 bits per heavy atom. The van der Waals surface area contributed by atoms with Crippen LogP contribution in [0.5, 0.6) is 5.75 Å². The van der Waals surface area contributed by atoms with E-state index in [2.05, 4.69) is 23.9 Å². The number of phenolic OH excluding ortho intramolecular Hbond substituents is 1. The number of aromatic hydroxyl groups is 1. The van der Waals surface area contributed by atoms with E-state index in [0.717, 1.165) is 13.1 Å². The van der Waals surface area contributed by atoms with Gasteiger partial charge in [0.05, 0.1) is 0 Å². The number of benzene rings is 1. The summed E-state index contributed by atoms with van der Waals surface area (Å²) in [5.74, 6) is 0.344. The van der Waals surface area contributed by atoms with Gasteiger partial charge in [0.15, 0.2) is 0 Å². The van der Waals surface area contributed by atoms with Crippen LogP contribution in [0.3, 0.4) is 0 Å². The lowest BCUT2D eigenvalue weighted by Crippen LogP contribution is -2.31. The van der Waals surface area contributed by atoms with E-state index in [1.165, 1.54) is 18.5 Å². The first kappa shape index (κ1) is 11.4. The van der Waals surface area contributed by atoms with Crippen LogP contribution in [0.1, 0.15) is 12.0 Å². The van der Waals surface area contributed by atoms with Gasteiger partial charge in [0.1, 0.15) is 5.75 Å². The van der Waals surface area contributed by atoms with Gasteiger partial charge in [0.25, 0.3) is 0 Å². The lowest BCUT2D eigenvalue weighted by atomic mass is 10.2. The Kier molecular flexibility index (Phi) is 3.46. The minimum Gasteiger partial charge on any atom is -0.508 e. The summed E-state index contributed by atoms with van der Waals surface area (Å²) >= 11 is 0. The maximum absolute atomic E-state index is 9.21. The fourth-order valence-corrected chi connectivity index (χ4v) is 2.24. The molecule has 2 rings (SSSR count). The minimum atomic E-state index is 0.344. The summed E-state index contributed by atoms with van der Waals surface area (Å²) in [5, 5.41) is 9.21. The second-order valence-electron chi connectivity index (χ2n) is 4.81. The molecule has 1 N–H and O–H groups in total. The van der Waals surface area contributed by atoms with Crippen molar-refractivity contribution in [1.29, 1.82) is 0 Å². The molecule has 1 aromatic rings. The fraction of sp³-hybridized carbons (Fsp3) is 0.538. The van der Waals surface area contributed by atoms with Crippen molar-refractivity contribution in [3.05, 3.63) is 29.8 Å². The van der Waals surface area contributed by atoms with E-state index in [1.807, 2.05) is 12.1 Å². The predicted molar refractivity (Wildman–Crippen MR) is 65.5 cm³/mol. The normalized spacial score (nSPS) is 21.8. The van der Waals surface area contributed by atoms with Gasteiger partial charge in [-0.1, -0.05) is 12.1 Å². The van der Waals surface area contributed by atoms with Crippen LogP contribution < -0.4 is 0 Å². The van der Waals surface area contributed by atoms with Crippen LogP contribution in [0.25, 0.3) is 0 Å². The zero-order chi connectivity index (χ0) is 11.5. The zero-order valence-corrected chi connectivity index (χ0v) is 10.1. The lowest BCUT2D eigenvalue weighted by molar-refractivity contribution is 0.264. The van der Waals surface area contributed by atoms with Gasteiger partial charge in [-0.25, -0.2) is 0 Å². The average molecular weight is 220 g/mol. The standard InChI is InChI=1S/C13H20N2O/c1-14(2)12-7-8-15(10-12)9-11-3-5-13(16)6-4-11/h3-6,12,16H,7-10H2,1-2H3. The summed E-state index contributed by atoms with van der Waals surface area (Å²) in [6.07, 6.45) is 1.26. The van der Waals surface area contributed by atoms with Crippen LogP contribution in [0.2, 0.25) is 0 Å². The van der Waals surface area contributed by atoms with E-state index >= 15 is 0 Å². The summed E-state index contributed by atoms with van der Waals surface area (Å²) in [4.78, 5) is 4.77. The molecule has 0 amide bonds. The molecule has 0 radical (unpaired) electrons. The third kappa shape index (κ3) is 2.74. The molecule has 1 aliphatic heterocycles. The molecule has 1 unspecified atom stereocenters. The number of likely N-dealkylation sites (tertiary alicyclic amines) is 1. The highest BCUT2D eigenvalue weighted by atomic mass is 16.3. The van der Waals surface area contributed by atoms with Crippen LogP contribution in [-0.2, 0) is 6.54 Å². The molecule has 0 aromatic heterocycles. The molecule has 1 aliphatic rings. The van der Waals surface area contributed by atoms with E-state index in [1.54, 1.807) is 12.1 Å². The van der Waals surface area contributed by atoms with Gasteiger partial charge in [-0.2, -0.15) is 0 Å². The van der Waals surface area contributed by atoms with E-state index in [-0.39, 0.29) is 0 Å². The second-order valence-corrected chi connectivity index (χ2v) is 4.81. The molecule has 1 atom stereocenters. The highest BCUT2D eigenvalue weighted by molar-refractivity contribution is 5.25. The zero-order valence-electron chi connectivity index (χ0n) is 10.1. The molecule has 1 aromatic carbocycles. The third-order valence-corrected chi connectivity index (χ3v) is 3.32. The maximum Gasteiger partial charge on any atom is 0.115 e. The summed E-state index contributed by atoms with van der Waals surface area (Å²) in [5.41, 5.74) is 1.28. The SMILES string of the molecule is CN(C)C1CCN(Cc2ccc(O)cc2)C1. The van der Waals surface area contributed by atoms with E-state index in [4.69, 9.17) is 0 Å². The van der Waals surface area contributed by atoms with Gasteiger partial charge >= 0.3 is 0 Å². The van der Waals surface area contributed by atoms with Crippen molar-refractivity contribution in [2.24, 2.45) is 0 Å². The Balaban J connectivity index is 1.89. The largest absolute Gasteiger partial charge is 0.508 e. The molecule has 1 fully saturated rings. The molecular weight excluding hydrogens is 200 g/mol. The number of likely N-dealkylation sites (N-methyl/N-ethyl adjacent to an activating group) is 1. The maximum atomic E-state index is 9.21. The van der Waals surface area contributed by atoms with E-state index in [0.29, 0.717) is 11.8 Å². The van der Waals surface area contributed by atoms with Crippen molar-refractivity contribution in [2.75, 3.05) is 27.2 Å². The Bertz CT molecular complexity index is 334.